The Balaban J connectivity index is 1.37. The maximum atomic E-state index is 13.2. The monoisotopic (exact) mass is 556 g/mol. The summed E-state index contributed by atoms with van der Waals surface area (Å²) in [5, 5.41) is 25.6. The van der Waals surface area contributed by atoms with Crippen molar-refractivity contribution in [2.45, 2.75) is 95.6 Å². The van der Waals surface area contributed by atoms with Gasteiger partial charge in [0.05, 0.1) is 11.0 Å². The fraction of sp³-hybridized carbons (Fsp3) is 0.633. The van der Waals surface area contributed by atoms with E-state index in [0.717, 1.165) is 11.1 Å². The minimum atomic E-state index is -1.25. The second-order valence-electron chi connectivity index (χ2n) is 12.4. The van der Waals surface area contributed by atoms with Crippen LogP contribution in [0.5, 0.6) is 11.5 Å². The number of aromatic hydroxyl groups is 1. The minimum absolute atomic E-state index is 0.0186. The summed E-state index contributed by atoms with van der Waals surface area (Å²) in [7, 11) is 2.00. The van der Waals surface area contributed by atoms with Crippen LogP contribution in [0.2, 0.25) is 0 Å². The first-order valence-electron chi connectivity index (χ1n) is 14.2. The molecule has 2 aliphatic carbocycles. The highest BCUT2D eigenvalue weighted by molar-refractivity contribution is 5.87. The lowest BCUT2D eigenvalue weighted by Crippen LogP contribution is -2.74. The van der Waals surface area contributed by atoms with E-state index in [4.69, 9.17) is 14.2 Å². The van der Waals surface area contributed by atoms with Gasteiger partial charge in [-0.1, -0.05) is 33.8 Å². The van der Waals surface area contributed by atoms with Crippen molar-refractivity contribution < 1.29 is 38.8 Å². The number of likely N-dealkylation sites (N-methyl/N-ethyl adjacent to an activating group) is 1. The van der Waals surface area contributed by atoms with Crippen LogP contribution in [0.3, 0.4) is 0 Å². The summed E-state index contributed by atoms with van der Waals surface area (Å²) >= 11 is 0. The molecule has 1 aromatic carbocycles. The quantitative estimate of drug-likeness (QED) is 0.413. The third-order valence-electron chi connectivity index (χ3n) is 9.03. The second-order valence-corrected chi connectivity index (χ2v) is 12.4. The number of esters is 2. The average molecular weight is 557 g/mol. The minimum Gasteiger partial charge on any atom is -0.504 e. The van der Waals surface area contributed by atoms with Crippen molar-refractivity contribution in [1.29, 1.82) is 0 Å². The maximum absolute atomic E-state index is 13.2. The number of carbonyl (C=O) groups excluding carboxylic acids is 3. The Morgan fingerprint density at radius 2 is 1.90 bits per heavy atom. The first-order chi connectivity index (χ1) is 18.8. The van der Waals surface area contributed by atoms with Crippen LogP contribution < -0.4 is 10.1 Å². The largest absolute Gasteiger partial charge is 0.504 e. The van der Waals surface area contributed by atoms with Gasteiger partial charge in [0.2, 0.25) is 5.91 Å². The number of likely N-dealkylation sites (tertiary alicyclic amines) is 1. The number of hydrogen-bond donors (Lipinski definition) is 3. The van der Waals surface area contributed by atoms with Crippen LogP contribution in [0.1, 0.15) is 65.0 Å². The Kier molecular flexibility index (Phi) is 7.15. The summed E-state index contributed by atoms with van der Waals surface area (Å²) in [6.07, 6.45) is 1.38. The van der Waals surface area contributed by atoms with Gasteiger partial charge in [0.1, 0.15) is 11.8 Å². The molecule has 6 atom stereocenters. The van der Waals surface area contributed by atoms with Crippen molar-refractivity contribution in [3.8, 4) is 11.5 Å². The molecule has 10 nitrogen and oxygen atoms in total. The standard InChI is InChI=1S/C30H40N2O8/c1-15(2)13-19(31-26(34)16(3)4)28(36)38-17(5)27(35)39-21-9-10-30(37)22-14-18-7-8-20(33)24-23(18)29(30,25(21)40-24)11-12-32(22)6/h7-9,15-17,19,22,25,33,37H,10-14H2,1-6H3,(H,31,34)/t17-,19-,22+,25-,29-,30+/m0/s1. The Morgan fingerprint density at radius 3 is 2.58 bits per heavy atom. The number of hydrogen-bond acceptors (Lipinski definition) is 9. The lowest BCUT2D eigenvalue weighted by atomic mass is 9.50. The highest BCUT2D eigenvalue weighted by Crippen LogP contribution is 2.65. The van der Waals surface area contributed by atoms with E-state index in [2.05, 4.69) is 10.2 Å². The summed E-state index contributed by atoms with van der Waals surface area (Å²) in [5.41, 5.74) is -0.267. The summed E-state index contributed by atoms with van der Waals surface area (Å²) in [6.45, 7) is 9.45. The van der Waals surface area contributed by atoms with Gasteiger partial charge in [-0.15, -0.1) is 0 Å². The normalized spacial score (nSPS) is 29.7. The maximum Gasteiger partial charge on any atom is 0.352 e. The average Bonchev–Trinajstić information content (AvgIpc) is 3.24. The van der Waals surface area contributed by atoms with Crippen LogP contribution in [0.25, 0.3) is 0 Å². The van der Waals surface area contributed by atoms with Crippen LogP contribution in [-0.4, -0.2) is 76.4 Å². The van der Waals surface area contributed by atoms with Crippen molar-refractivity contribution in [2.75, 3.05) is 13.6 Å². The van der Waals surface area contributed by atoms with Gasteiger partial charge >= 0.3 is 11.9 Å². The molecular weight excluding hydrogens is 516 g/mol. The number of amides is 1. The first-order valence-corrected chi connectivity index (χ1v) is 14.2. The number of carbonyl (C=O) groups is 3. The SMILES string of the molecule is CC(C)C[C@H](NC(=O)C(C)C)C(=O)O[C@@H](C)C(=O)OC1=CC[C@@]2(O)[C@H]3Cc4ccc(O)c5c4[C@@]2(CCN3C)[C@H]1O5. The number of benzene rings is 1. The molecule has 3 N–H and O–H groups in total. The second kappa shape index (κ2) is 10.1. The molecule has 218 valence electrons. The molecule has 1 aromatic rings. The number of nitrogens with one attached hydrogen (secondary N) is 1. The molecule has 1 saturated heterocycles. The van der Waals surface area contributed by atoms with Gasteiger partial charge in [-0.2, -0.15) is 0 Å². The summed E-state index contributed by atoms with van der Waals surface area (Å²) in [4.78, 5) is 40.6. The van der Waals surface area contributed by atoms with Gasteiger partial charge in [0.15, 0.2) is 23.7 Å². The fourth-order valence-corrected chi connectivity index (χ4v) is 6.96. The van der Waals surface area contributed by atoms with Crippen molar-refractivity contribution >= 4 is 17.8 Å². The molecule has 1 spiro atoms. The molecule has 0 radical (unpaired) electrons. The van der Waals surface area contributed by atoms with Gasteiger partial charge in [-0.25, -0.2) is 9.59 Å². The summed E-state index contributed by atoms with van der Waals surface area (Å²) in [6, 6.07) is 2.43. The Morgan fingerprint density at radius 1 is 1.18 bits per heavy atom. The molecule has 2 heterocycles. The Hall–Kier alpha value is -3.11. The molecular formula is C30H40N2O8. The van der Waals surface area contributed by atoms with Crippen molar-refractivity contribution in [2.24, 2.45) is 11.8 Å². The third-order valence-corrected chi connectivity index (χ3v) is 9.03. The summed E-state index contributed by atoms with van der Waals surface area (Å²) in [5.74, 6) is -1.44. The van der Waals surface area contributed by atoms with Gasteiger partial charge in [-0.05, 0) is 63.4 Å². The van der Waals surface area contributed by atoms with Gasteiger partial charge in [-0.3, -0.25) is 4.79 Å². The molecule has 0 aromatic heterocycles. The topological polar surface area (TPSA) is 135 Å². The number of ether oxygens (including phenoxy) is 3. The van der Waals surface area contributed by atoms with E-state index in [-0.39, 0.29) is 41.7 Å². The number of aliphatic hydroxyl groups is 1. The molecule has 2 aliphatic heterocycles. The number of piperidine rings is 1. The molecule has 40 heavy (non-hydrogen) atoms. The number of rotatable bonds is 8. The van der Waals surface area contributed by atoms with Crippen LogP contribution >= 0.6 is 0 Å². The van der Waals surface area contributed by atoms with Crippen LogP contribution in [0.4, 0.5) is 0 Å². The zero-order valence-electron chi connectivity index (χ0n) is 24.0. The van der Waals surface area contributed by atoms with Gasteiger partial charge in [0, 0.05) is 23.9 Å². The lowest BCUT2D eigenvalue weighted by Gasteiger charge is -2.61. The molecule has 5 rings (SSSR count). The van der Waals surface area contributed by atoms with Crippen LogP contribution in [-0.2, 0) is 35.7 Å². The molecule has 0 saturated carbocycles. The number of nitrogens with zero attached hydrogens (tertiary/aromatic N) is 1. The van der Waals surface area contributed by atoms with E-state index in [9.17, 15) is 24.6 Å². The molecule has 10 heteroatoms. The van der Waals surface area contributed by atoms with Gasteiger partial charge < -0.3 is 34.6 Å². The van der Waals surface area contributed by atoms with E-state index in [1.165, 1.54) is 6.92 Å². The highest BCUT2D eigenvalue weighted by Gasteiger charge is 2.72. The zero-order valence-corrected chi connectivity index (χ0v) is 24.0. The van der Waals surface area contributed by atoms with E-state index in [0.29, 0.717) is 31.6 Å². The van der Waals surface area contributed by atoms with Crippen LogP contribution in [0.15, 0.2) is 24.0 Å². The van der Waals surface area contributed by atoms with E-state index >= 15 is 0 Å². The predicted octanol–water partition coefficient (Wildman–Crippen LogP) is 2.33. The van der Waals surface area contributed by atoms with E-state index < -0.39 is 41.2 Å². The first kappa shape index (κ1) is 28.4. The smallest absolute Gasteiger partial charge is 0.352 e. The van der Waals surface area contributed by atoms with E-state index in [1.54, 1.807) is 26.0 Å². The molecule has 0 unspecified atom stereocenters. The number of phenolic OH excluding ortho intramolecular Hbond substituents is 1. The fourth-order valence-electron chi connectivity index (χ4n) is 6.96. The number of phenols is 1. The van der Waals surface area contributed by atoms with Gasteiger partial charge in [0.25, 0.3) is 0 Å². The predicted molar refractivity (Wildman–Crippen MR) is 144 cm³/mol. The molecule has 4 aliphatic rings. The molecule has 1 fully saturated rings. The molecule has 1 amide bonds. The Labute approximate surface area is 234 Å². The van der Waals surface area contributed by atoms with Crippen molar-refractivity contribution in [3.63, 3.8) is 0 Å². The highest BCUT2D eigenvalue weighted by atomic mass is 16.6. The molecule has 2 bridgehead atoms. The lowest BCUT2D eigenvalue weighted by molar-refractivity contribution is -0.176. The zero-order chi connectivity index (χ0) is 29.1. The summed E-state index contributed by atoms with van der Waals surface area (Å²) < 4.78 is 17.6. The third kappa shape index (κ3) is 4.27. The van der Waals surface area contributed by atoms with E-state index in [1.807, 2.05) is 27.0 Å². The Bertz CT molecular complexity index is 1260. The van der Waals surface area contributed by atoms with Crippen LogP contribution in [0, 0.1) is 11.8 Å². The van der Waals surface area contributed by atoms with Crippen molar-refractivity contribution in [1.82, 2.24) is 10.2 Å². The van der Waals surface area contributed by atoms with Crippen molar-refractivity contribution in [3.05, 3.63) is 35.1 Å².